The third kappa shape index (κ3) is 69.8. The van der Waals surface area contributed by atoms with Gasteiger partial charge in [0.05, 0.1) is 0 Å². The molecule has 83 heavy (non-hydrogen) atoms. The Morgan fingerprint density at radius 1 is 0.253 bits per heavy atom. The number of carbonyl (C=O) groups is 3. The van der Waals surface area contributed by atoms with Crippen LogP contribution in [0.1, 0.15) is 393 Å². The molecule has 1 atom stereocenters. The molecule has 0 saturated heterocycles. The van der Waals surface area contributed by atoms with Gasteiger partial charge in [-0.3, -0.25) is 14.4 Å². The molecular formula is C77H140O6. The van der Waals surface area contributed by atoms with Crippen molar-refractivity contribution >= 4 is 17.9 Å². The number of allylic oxidation sites excluding steroid dienone is 10. The van der Waals surface area contributed by atoms with Gasteiger partial charge >= 0.3 is 17.9 Å². The summed E-state index contributed by atoms with van der Waals surface area (Å²) in [5, 5.41) is 0. The first-order chi connectivity index (χ1) is 41.0. The Kier molecular flexibility index (Phi) is 69.1. The molecule has 0 N–H and O–H groups in total. The van der Waals surface area contributed by atoms with E-state index in [1.807, 2.05) is 0 Å². The Labute approximate surface area is 517 Å². The predicted molar refractivity (Wildman–Crippen MR) is 362 cm³/mol. The molecule has 0 aromatic carbocycles. The van der Waals surface area contributed by atoms with Crippen LogP contribution in [0.4, 0.5) is 0 Å². The third-order valence-electron chi connectivity index (χ3n) is 16.5. The van der Waals surface area contributed by atoms with Crippen LogP contribution in [0, 0.1) is 0 Å². The first-order valence-electron chi connectivity index (χ1n) is 36.8. The highest BCUT2D eigenvalue weighted by molar-refractivity contribution is 5.71. The van der Waals surface area contributed by atoms with Crippen molar-refractivity contribution in [3.8, 4) is 0 Å². The van der Waals surface area contributed by atoms with Crippen LogP contribution in [0.2, 0.25) is 0 Å². The molecule has 0 rings (SSSR count). The van der Waals surface area contributed by atoms with Gasteiger partial charge in [0.25, 0.3) is 0 Å². The van der Waals surface area contributed by atoms with E-state index in [0.29, 0.717) is 19.3 Å². The van der Waals surface area contributed by atoms with E-state index in [-0.39, 0.29) is 31.1 Å². The summed E-state index contributed by atoms with van der Waals surface area (Å²) in [6.45, 7) is 6.61. The Bertz CT molecular complexity index is 1470. The van der Waals surface area contributed by atoms with Crippen LogP contribution in [-0.2, 0) is 28.6 Å². The standard InChI is InChI=1S/C77H140O6/c1-4-7-10-13-16-19-22-25-28-31-33-35-37-38-39-40-41-43-44-46-49-52-55-58-61-64-67-70-76(79)82-73-74(72-81-75(78)69-66-63-60-57-54-51-48-30-27-24-21-18-15-12-9-6-3)83-77(80)71-68-65-62-59-56-53-50-47-45-42-36-34-32-29-26-23-20-17-14-11-8-5-2/h7,10,16,19,25,28,33,35,38-39,74H,4-6,8-9,11-15,17-18,20-24,26-27,29-32,34,36-37,40-73H2,1-3H3/b10-7-,19-16-,28-25-,35-33-,39-38-. The maximum atomic E-state index is 13.0. The zero-order valence-corrected chi connectivity index (χ0v) is 55.7. The Morgan fingerprint density at radius 2 is 0.470 bits per heavy atom. The number of carbonyl (C=O) groups excluding carboxylic acids is 3. The van der Waals surface area contributed by atoms with Crippen LogP contribution < -0.4 is 0 Å². The van der Waals surface area contributed by atoms with E-state index in [1.165, 1.54) is 263 Å². The van der Waals surface area contributed by atoms with Gasteiger partial charge in [-0.25, -0.2) is 0 Å². The number of hydrogen-bond donors (Lipinski definition) is 0. The first kappa shape index (κ1) is 80.1. The summed E-state index contributed by atoms with van der Waals surface area (Å²) in [7, 11) is 0. The van der Waals surface area contributed by atoms with Gasteiger partial charge in [0.1, 0.15) is 13.2 Å². The molecule has 0 aliphatic heterocycles. The van der Waals surface area contributed by atoms with Gasteiger partial charge in [-0.15, -0.1) is 0 Å². The monoisotopic (exact) mass is 1160 g/mol. The molecule has 0 amide bonds. The molecule has 1 unspecified atom stereocenters. The fourth-order valence-electron chi connectivity index (χ4n) is 11.1. The van der Waals surface area contributed by atoms with Gasteiger partial charge in [0, 0.05) is 19.3 Å². The van der Waals surface area contributed by atoms with Gasteiger partial charge in [-0.1, -0.05) is 370 Å². The van der Waals surface area contributed by atoms with E-state index >= 15 is 0 Å². The maximum absolute atomic E-state index is 13.0. The molecule has 0 spiro atoms. The third-order valence-corrected chi connectivity index (χ3v) is 16.5. The van der Waals surface area contributed by atoms with Crippen molar-refractivity contribution in [1.82, 2.24) is 0 Å². The van der Waals surface area contributed by atoms with Crippen LogP contribution in [0.25, 0.3) is 0 Å². The van der Waals surface area contributed by atoms with Crippen LogP contribution in [0.3, 0.4) is 0 Å². The van der Waals surface area contributed by atoms with E-state index in [2.05, 4.69) is 81.5 Å². The zero-order chi connectivity index (χ0) is 59.9. The van der Waals surface area contributed by atoms with E-state index in [4.69, 9.17) is 14.2 Å². The van der Waals surface area contributed by atoms with E-state index in [1.54, 1.807) is 0 Å². The second-order valence-electron chi connectivity index (χ2n) is 24.8. The molecule has 6 heteroatoms. The lowest BCUT2D eigenvalue weighted by Gasteiger charge is -2.18. The Morgan fingerprint density at radius 3 is 0.735 bits per heavy atom. The molecule has 0 heterocycles. The molecular weight excluding hydrogens is 1020 g/mol. The smallest absolute Gasteiger partial charge is 0.306 e. The summed E-state index contributed by atoms with van der Waals surface area (Å²) in [5.41, 5.74) is 0. The predicted octanol–water partition coefficient (Wildman–Crippen LogP) is 25.5. The largest absolute Gasteiger partial charge is 0.462 e. The Balaban J connectivity index is 4.28. The molecule has 0 bridgehead atoms. The summed E-state index contributed by atoms with van der Waals surface area (Å²) in [5.74, 6) is -0.841. The van der Waals surface area contributed by atoms with Crippen molar-refractivity contribution in [3.05, 3.63) is 60.8 Å². The van der Waals surface area contributed by atoms with Crippen LogP contribution in [-0.4, -0.2) is 37.2 Å². The number of unbranched alkanes of at least 4 members (excludes halogenated alkanes) is 47. The second-order valence-corrected chi connectivity index (χ2v) is 24.8. The summed E-state index contributed by atoms with van der Waals surface area (Å²) in [6, 6.07) is 0. The number of rotatable bonds is 68. The van der Waals surface area contributed by atoms with Crippen molar-refractivity contribution in [2.45, 2.75) is 399 Å². The highest BCUT2D eigenvalue weighted by Crippen LogP contribution is 2.19. The normalized spacial score (nSPS) is 12.4. The van der Waals surface area contributed by atoms with Crippen molar-refractivity contribution in [2.75, 3.05) is 13.2 Å². The van der Waals surface area contributed by atoms with Crippen molar-refractivity contribution < 1.29 is 28.6 Å². The number of hydrogen-bond acceptors (Lipinski definition) is 6. The minimum Gasteiger partial charge on any atom is -0.462 e. The molecule has 6 nitrogen and oxygen atoms in total. The molecule has 0 radical (unpaired) electrons. The lowest BCUT2D eigenvalue weighted by Crippen LogP contribution is -2.30. The maximum Gasteiger partial charge on any atom is 0.306 e. The number of esters is 3. The fourth-order valence-corrected chi connectivity index (χ4v) is 11.1. The van der Waals surface area contributed by atoms with Gasteiger partial charge in [-0.05, 0) is 64.2 Å². The topological polar surface area (TPSA) is 78.9 Å². The van der Waals surface area contributed by atoms with E-state index in [9.17, 15) is 14.4 Å². The van der Waals surface area contributed by atoms with Crippen LogP contribution in [0.15, 0.2) is 60.8 Å². The van der Waals surface area contributed by atoms with Crippen molar-refractivity contribution in [2.24, 2.45) is 0 Å². The second kappa shape index (κ2) is 71.6. The summed E-state index contributed by atoms with van der Waals surface area (Å²) in [4.78, 5) is 38.5. The van der Waals surface area contributed by atoms with E-state index in [0.717, 1.165) is 89.9 Å². The summed E-state index contributed by atoms with van der Waals surface area (Å²) in [6.07, 6.45) is 92.5. The highest BCUT2D eigenvalue weighted by Gasteiger charge is 2.19. The quantitative estimate of drug-likeness (QED) is 0.0261. The van der Waals surface area contributed by atoms with Gasteiger partial charge in [-0.2, -0.15) is 0 Å². The molecule has 0 aromatic rings. The lowest BCUT2D eigenvalue weighted by molar-refractivity contribution is -0.167. The molecule has 484 valence electrons. The molecule has 0 aliphatic carbocycles. The average molecular weight is 1160 g/mol. The summed E-state index contributed by atoms with van der Waals surface area (Å²) >= 11 is 0. The lowest BCUT2D eigenvalue weighted by atomic mass is 10.0. The van der Waals surface area contributed by atoms with Gasteiger partial charge in [0.15, 0.2) is 6.10 Å². The number of ether oxygens (including phenoxy) is 3. The summed E-state index contributed by atoms with van der Waals surface area (Å²) < 4.78 is 17.0. The minimum absolute atomic E-state index is 0.0683. The van der Waals surface area contributed by atoms with Crippen LogP contribution in [0.5, 0.6) is 0 Å². The van der Waals surface area contributed by atoms with E-state index < -0.39 is 6.10 Å². The average Bonchev–Trinajstić information content (AvgIpc) is 3.49. The van der Waals surface area contributed by atoms with Gasteiger partial charge in [0.2, 0.25) is 0 Å². The van der Waals surface area contributed by atoms with Crippen LogP contribution >= 0.6 is 0 Å². The SMILES string of the molecule is CC/C=C\C/C=C\C/C=C\C/C=C\C/C=C\CCCCCCCCCCCCCC(=O)OCC(COC(=O)CCCCCCCCCCCCCCCCCC)OC(=O)CCCCCCCCCCCCCCCCCCCCCCCC. The first-order valence-corrected chi connectivity index (χ1v) is 36.8. The fraction of sp³-hybridized carbons (Fsp3) is 0.831. The van der Waals surface area contributed by atoms with Gasteiger partial charge < -0.3 is 14.2 Å². The van der Waals surface area contributed by atoms with Crippen molar-refractivity contribution in [1.29, 1.82) is 0 Å². The zero-order valence-electron chi connectivity index (χ0n) is 55.7. The highest BCUT2D eigenvalue weighted by atomic mass is 16.6. The molecule has 0 saturated carbocycles. The molecule has 0 aromatic heterocycles. The van der Waals surface area contributed by atoms with Crippen molar-refractivity contribution in [3.63, 3.8) is 0 Å². The molecule has 0 aliphatic rings. The molecule has 0 fully saturated rings. The Hall–Kier alpha value is -2.89. The minimum atomic E-state index is -0.773.